The Morgan fingerprint density at radius 3 is 1.62 bits per heavy atom. The minimum atomic E-state index is 1.19. The van der Waals surface area contributed by atoms with Crippen molar-refractivity contribution in [3.8, 4) is 0 Å². The zero-order valence-corrected chi connectivity index (χ0v) is 9.47. The maximum absolute atomic E-state index is 1.60. The quantitative estimate of drug-likeness (QED) is 0.517. The van der Waals surface area contributed by atoms with Crippen LogP contribution in [-0.4, -0.2) is 11.3 Å². The van der Waals surface area contributed by atoms with Crippen molar-refractivity contribution in [3.63, 3.8) is 0 Å². The average Bonchev–Trinajstić information content (AvgIpc) is 2.56. The fourth-order valence-electron chi connectivity index (χ4n) is 4.03. The first-order valence-electron chi connectivity index (χ1n) is 6.21. The Labute approximate surface area is 83.7 Å². The first kappa shape index (κ1) is 8.72. The van der Waals surface area contributed by atoms with Gasteiger partial charge in [-0.25, -0.2) is 0 Å². The summed E-state index contributed by atoms with van der Waals surface area (Å²) in [5, 5.41) is 0. The van der Waals surface area contributed by atoms with Crippen LogP contribution in [0.5, 0.6) is 0 Å². The molecule has 0 amide bonds. The molecule has 5 atom stereocenters. The molecule has 1 heteroatoms. The zero-order chi connectivity index (χ0) is 8.67. The number of hydrogen-bond acceptors (Lipinski definition) is 0. The second kappa shape index (κ2) is 3.54. The van der Waals surface area contributed by atoms with E-state index >= 15 is 0 Å². The molecule has 0 aromatic carbocycles. The molecule has 0 N–H and O–H groups in total. The molecule has 1 heterocycles. The summed E-state index contributed by atoms with van der Waals surface area (Å²) in [5.41, 5.74) is 2.39. The van der Waals surface area contributed by atoms with Crippen molar-refractivity contribution >= 4 is 8.58 Å². The molecule has 0 spiro atoms. The van der Waals surface area contributed by atoms with E-state index in [1.807, 2.05) is 0 Å². The van der Waals surface area contributed by atoms with Gasteiger partial charge < -0.3 is 0 Å². The molecule has 0 bridgehead atoms. The molecule has 0 aromatic rings. The lowest BCUT2D eigenvalue weighted by Crippen LogP contribution is -2.26. The molecule has 2 aliphatic carbocycles. The summed E-state index contributed by atoms with van der Waals surface area (Å²) in [5.74, 6) is 2.38. The highest BCUT2D eigenvalue weighted by molar-refractivity contribution is 7.40. The Bertz CT molecular complexity index is 170. The van der Waals surface area contributed by atoms with Gasteiger partial charge >= 0.3 is 0 Å². The van der Waals surface area contributed by atoms with Gasteiger partial charge in [-0.05, 0) is 48.8 Å². The molecule has 0 nitrogen and oxygen atoms in total. The maximum Gasteiger partial charge on any atom is -0.0203 e. The fraction of sp³-hybridized carbons (Fsp3) is 1.00. The molecule has 2 saturated carbocycles. The lowest BCUT2D eigenvalue weighted by molar-refractivity contribution is 0.231. The molecule has 3 aliphatic rings. The molecular formula is C12H21P. The van der Waals surface area contributed by atoms with Crippen molar-refractivity contribution < 1.29 is 0 Å². The third-order valence-electron chi connectivity index (χ3n) is 4.62. The maximum atomic E-state index is 1.60. The van der Waals surface area contributed by atoms with E-state index in [1.165, 1.54) is 31.7 Å². The van der Waals surface area contributed by atoms with Gasteiger partial charge in [0.1, 0.15) is 0 Å². The summed E-state index contributed by atoms with van der Waals surface area (Å²) in [6.07, 6.45) is 12.6. The van der Waals surface area contributed by atoms with Crippen LogP contribution in [0.4, 0.5) is 0 Å². The summed E-state index contributed by atoms with van der Waals surface area (Å²) in [4.78, 5) is 0. The molecule has 3 fully saturated rings. The van der Waals surface area contributed by atoms with E-state index in [2.05, 4.69) is 0 Å². The summed E-state index contributed by atoms with van der Waals surface area (Å²) in [6.45, 7) is 0. The van der Waals surface area contributed by atoms with Gasteiger partial charge in [0.2, 0.25) is 0 Å². The third-order valence-corrected chi connectivity index (χ3v) is 6.91. The highest BCUT2D eigenvalue weighted by Crippen LogP contribution is 2.57. The van der Waals surface area contributed by atoms with Crippen molar-refractivity contribution in [1.29, 1.82) is 0 Å². The Kier molecular flexibility index (Phi) is 2.37. The molecule has 1 saturated heterocycles. The Morgan fingerprint density at radius 2 is 1.08 bits per heavy atom. The van der Waals surface area contributed by atoms with Crippen LogP contribution in [0.15, 0.2) is 0 Å². The lowest BCUT2D eigenvalue weighted by atomic mass is 9.73. The third kappa shape index (κ3) is 1.46. The van der Waals surface area contributed by atoms with Crippen LogP contribution in [0.25, 0.3) is 0 Å². The average molecular weight is 196 g/mol. The summed E-state index contributed by atoms with van der Waals surface area (Å²) in [7, 11) is 1.37. The van der Waals surface area contributed by atoms with Gasteiger partial charge in [0, 0.05) is 0 Å². The molecule has 1 aliphatic heterocycles. The smallest absolute Gasteiger partial charge is 0.0203 e. The van der Waals surface area contributed by atoms with Crippen LogP contribution in [0.1, 0.15) is 51.4 Å². The molecule has 13 heavy (non-hydrogen) atoms. The summed E-state index contributed by atoms with van der Waals surface area (Å²) < 4.78 is 0. The number of rotatable bonds is 0. The molecule has 3 rings (SSSR count). The van der Waals surface area contributed by atoms with E-state index < -0.39 is 0 Å². The minimum Gasteiger partial charge on any atom is -0.115 e. The lowest BCUT2D eigenvalue weighted by Gasteiger charge is -2.31. The monoisotopic (exact) mass is 196 g/mol. The number of hydrogen-bond donors (Lipinski definition) is 0. The van der Waals surface area contributed by atoms with Crippen molar-refractivity contribution in [1.82, 2.24) is 0 Å². The SMILES string of the molecule is C1CC[C@H]2P[C@@H]3CCCC[C@H]3[C@H]2C1. The molecule has 0 aromatic heterocycles. The van der Waals surface area contributed by atoms with E-state index in [-0.39, 0.29) is 0 Å². The highest BCUT2D eigenvalue weighted by atomic mass is 31.1. The fourth-order valence-corrected chi connectivity index (χ4v) is 6.65. The second-order valence-electron chi connectivity index (χ2n) is 5.28. The minimum absolute atomic E-state index is 1.19. The van der Waals surface area contributed by atoms with E-state index in [0.29, 0.717) is 0 Å². The Morgan fingerprint density at radius 1 is 0.615 bits per heavy atom. The van der Waals surface area contributed by atoms with Crippen LogP contribution >= 0.6 is 8.58 Å². The van der Waals surface area contributed by atoms with Crippen molar-refractivity contribution in [2.24, 2.45) is 11.8 Å². The van der Waals surface area contributed by atoms with Gasteiger partial charge in [0.25, 0.3) is 0 Å². The number of fused-ring (bicyclic) bond motifs is 3. The van der Waals surface area contributed by atoms with Crippen LogP contribution in [0.3, 0.4) is 0 Å². The first-order valence-corrected chi connectivity index (χ1v) is 7.37. The van der Waals surface area contributed by atoms with Gasteiger partial charge in [-0.3, -0.25) is 0 Å². The van der Waals surface area contributed by atoms with Gasteiger partial charge in [0.05, 0.1) is 0 Å². The van der Waals surface area contributed by atoms with Gasteiger partial charge in [0.15, 0.2) is 0 Å². The largest absolute Gasteiger partial charge is 0.115 e. The zero-order valence-electron chi connectivity index (χ0n) is 8.47. The van der Waals surface area contributed by atoms with Gasteiger partial charge in [-0.2, -0.15) is 0 Å². The first-order chi connectivity index (χ1) is 6.45. The molecule has 1 unspecified atom stereocenters. The van der Waals surface area contributed by atoms with E-state index in [0.717, 1.165) is 0 Å². The normalized spacial score (nSPS) is 51.7. The molecule has 74 valence electrons. The van der Waals surface area contributed by atoms with E-state index in [9.17, 15) is 0 Å². The predicted molar refractivity (Wildman–Crippen MR) is 59.8 cm³/mol. The van der Waals surface area contributed by atoms with Crippen LogP contribution < -0.4 is 0 Å². The predicted octanol–water partition coefficient (Wildman–Crippen LogP) is 3.80. The van der Waals surface area contributed by atoms with Crippen LogP contribution in [0, 0.1) is 11.8 Å². The summed E-state index contributed by atoms with van der Waals surface area (Å²) >= 11 is 0. The van der Waals surface area contributed by atoms with Crippen LogP contribution in [0.2, 0.25) is 0 Å². The summed E-state index contributed by atoms with van der Waals surface area (Å²) in [6, 6.07) is 0. The molecule has 0 radical (unpaired) electrons. The van der Waals surface area contributed by atoms with Crippen molar-refractivity contribution in [2.75, 3.05) is 0 Å². The van der Waals surface area contributed by atoms with Gasteiger partial charge in [-0.15, -0.1) is 8.58 Å². The van der Waals surface area contributed by atoms with Crippen molar-refractivity contribution in [2.45, 2.75) is 62.7 Å². The van der Waals surface area contributed by atoms with Gasteiger partial charge in [-0.1, -0.05) is 25.7 Å². The highest BCUT2D eigenvalue weighted by Gasteiger charge is 2.44. The van der Waals surface area contributed by atoms with Crippen LogP contribution in [-0.2, 0) is 0 Å². The van der Waals surface area contributed by atoms with E-state index in [1.54, 1.807) is 51.4 Å². The Balaban J connectivity index is 1.76. The molecular weight excluding hydrogens is 175 g/mol. The second-order valence-corrected chi connectivity index (χ2v) is 7.09. The Hall–Kier alpha value is 0.430. The van der Waals surface area contributed by atoms with E-state index in [4.69, 9.17) is 0 Å². The standard InChI is InChI=1S/C12H21P/c1-3-7-11-9(5-1)10-6-2-4-8-12(10)13-11/h9-13H,1-8H2/t9-,10+,11-,12-/m1/s1. The topological polar surface area (TPSA) is 0 Å². The van der Waals surface area contributed by atoms with Crippen molar-refractivity contribution in [3.05, 3.63) is 0 Å².